The zero-order chi connectivity index (χ0) is 20.5. The van der Waals surface area contributed by atoms with Gasteiger partial charge >= 0.3 is 0 Å². The molecule has 0 N–H and O–H groups in total. The number of ether oxygens (including phenoxy) is 1. The molecule has 1 amide bonds. The van der Waals surface area contributed by atoms with Gasteiger partial charge in [-0.2, -0.15) is 0 Å². The highest BCUT2D eigenvalue weighted by molar-refractivity contribution is 5.96. The van der Waals surface area contributed by atoms with Gasteiger partial charge in [0, 0.05) is 0 Å². The minimum Gasteiger partial charge on any atom is -0.489 e. The van der Waals surface area contributed by atoms with E-state index in [9.17, 15) is 9.59 Å². The molecule has 2 heterocycles. The smallest absolute Gasteiger partial charge is 0.269 e. The maximum absolute atomic E-state index is 13.6. The van der Waals surface area contributed by atoms with Crippen LogP contribution >= 0.6 is 0 Å². The molecule has 0 radical (unpaired) electrons. The van der Waals surface area contributed by atoms with Gasteiger partial charge in [-0.1, -0.05) is 54.6 Å². The van der Waals surface area contributed by atoms with Crippen LogP contribution in [0, 0.1) is 0 Å². The summed E-state index contributed by atoms with van der Waals surface area (Å²) in [5.74, 6) is 0.475. The molecule has 1 aliphatic heterocycles. The third-order valence-electron chi connectivity index (χ3n) is 5.33. The first-order valence-electron chi connectivity index (χ1n) is 9.76. The summed E-state index contributed by atoms with van der Waals surface area (Å²) in [5, 5.41) is 0. The largest absolute Gasteiger partial charge is 0.489 e. The molecule has 148 valence electrons. The molecule has 1 aliphatic rings. The van der Waals surface area contributed by atoms with E-state index in [0.717, 1.165) is 5.56 Å². The highest BCUT2D eigenvalue weighted by atomic mass is 16.5. The molecule has 0 fully saturated rings. The second-order valence-electron chi connectivity index (χ2n) is 7.14. The SMILES string of the molecule is O=C(Cn1c(=O)cnc2ccccc21)N1c2ccccc2OC[C@@H]1c1ccccc1. The standard InChI is InChI=1S/C24H19N3O3/c28-23-14-25-18-10-4-5-11-19(18)26(23)15-24(29)27-20-12-6-7-13-22(20)30-16-21(27)17-8-2-1-3-9-17/h1-14,21H,15-16H2/t21-/m1/s1. The molecule has 3 aromatic carbocycles. The van der Waals surface area contributed by atoms with E-state index in [1.807, 2.05) is 72.8 Å². The van der Waals surface area contributed by atoms with Crippen LogP contribution in [0.15, 0.2) is 89.9 Å². The monoisotopic (exact) mass is 397 g/mol. The molecular formula is C24H19N3O3. The molecule has 0 unspecified atom stereocenters. The van der Waals surface area contributed by atoms with E-state index in [2.05, 4.69) is 4.98 Å². The van der Waals surface area contributed by atoms with Gasteiger partial charge in [-0.15, -0.1) is 0 Å². The minimum absolute atomic E-state index is 0.0838. The Morgan fingerprint density at radius 2 is 1.70 bits per heavy atom. The quantitative estimate of drug-likeness (QED) is 0.530. The molecule has 5 rings (SSSR count). The first kappa shape index (κ1) is 18.1. The molecule has 6 heteroatoms. The number of nitrogens with zero attached hydrogens (tertiary/aromatic N) is 3. The number of carbonyl (C=O) groups is 1. The molecule has 0 spiro atoms. The van der Waals surface area contributed by atoms with Crippen molar-refractivity contribution in [3.8, 4) is 5.75 Å². The van der Waals surface area contributed by atoms with Crippen LogP contribution in [0.1, 0.15) is 11.6 Å². The van der Waals surface area contributed by atoms with Gasteiger partial charge in [0.15, 0.2) is 0 Å². The van der Waals surface area contributed by atoms with Gasteiger partial charge in [0.1, 0.15) is 18.9 Å². The fourth-order valence-electron chi connectivity index (χ4n) is 3.91. The number of aromatic nitrogens is 2. The summed E-state index contributed by atoms with van der Waals surface area (Å²) in [6.45, 7) is 0.262. The van der Waals surface area contributed by atoms with Gasteiger partial charge in [0.25, 0.3) is 5.56 Å². The number of hydrogen-bond acceptors (Lipinski definition) is 4. The van der Waals surface area contributed by atoms with Crippen molar-refractivity contribution in [2.75, 3.05) is 11.5 Å². The number of benzene rings is 3. The number of carbonyl (C=O) groups excluding carboxylic acids is 1. The van der Waals surface area contributed by atoms with Crippen LogP contribution in [0.4, 0.5) is 5.69 Å². The molecule has 0 saturated heterocycles. The van der Waals surface area contributed by atoms with E-state index in [1.165, 1.54) is 10.8 Å². The number of fused-ring (bicyclic) bond motifs is 2. The predicted octanol–water partition coefficient (Wildman–Crippen LogP) is 3.56. The number of rotatable bonds is 3. The molecular weight excluding hydrogens is 378 g/mol. The first-order valence-corrected chi connectivity index (χ1v) is 9.76. The van der Waals surface area contributed by atoms with E-state index < -0.39 is 0 Å². The predicted molar refractivity (Wildman–Crippen MR) is 115 cm³/mol. The third kappa shape index (κ3) is 3.12. The Labute approximate surface area is 173 Å². The van der Waals surface area contributed by atoms with Crippen LogP contribution in [-0.4, -0.2) is 22.1 Å². The zero-order valence-electron chi connectivity index (χ0n) is 16.1. The lowest BCUT2D eigenvalue weighted by Crippen LogP contribution is -2.43. The highest BCUT2D eigenvalue weighted by Gasteiger charge is 2.33. The molecule has 6 nitrogen and oxygen atoms in total. The summed E-state index contributed by atoms with van der Waals surface area (Å²) < 4.78 is 7.42. The van der Waals surface area contributed by atoms with E-state index in [0.29, 0.717) is 29.1 Å². The normalized spacial score (nSPS) is 15.5. The van der Waals surface area contributed by atoms with Crippen molar-refractivity contribution < 1.29 is 9.53 Å². The van der Waals surface area contributed by atoms with Crippen LogP contribution < -0.4 is 15.2 Å². The maximum atomic E-state index is 13.6. The van der Waals surface area contributed by atoms with E-state index in [4.69, 9.17) is 4.74 Å². The molecule has 0 aliphatic carbocycles. The van der Waals surface area contributed by atoms with Crippen LogP contribution in [-0.2, 0) is 11.3 Å². The van der Waals surface area contributed by atoms with Crippen molar-refractivity contribution >= 4 is 22.6 Å². The lowest BCUT2D eigenvalue weighted by Gasteiger charge is -2.37. The Morgan fingerprint density at radius 3 is 2.57 bits per heavy atom. The topological polar surface area (TPSA) is 64.4 Å². The van der Waals surface area contributed by atoms with Crippen LogP contribution in [0.5, 0.6) is 5.75 Å². The van der Waals surface area contributed by atoms with Gasteiger partial charge in [-0.05, 0) is 29.8 Å². The highest BCUT2D eigenvalue weighted by Crippen LogP contribution is 2.39. The number of para-hydroxylation sites is 4. The lowest BCUT2D eigenvalue weighted by atomic mass is 10.0. The molecule has 0 saturated carbocycles. The summed E-state index contributed by atoms with van der Waals surface area (Å²) in [6, 6.07) is 24.3. The Hall–Kier alpha value is -3.93. The zero-order valence-corrected chi connectivity index (χ0v) is 16.1. The number of amides is 1. The fourth-order valence-corrected chi connectivity index (χ4v) is 3.91. The summed E-state index contributed by atoms with van der Waals surface area (Å²) >= 11 is 0. The van der Waals surface area contributed by atoms with Crippen molar-refractivity contribution in [1.82, 2.24) is 9.55 Å². The first-order chi connectivity index (χ1) is 14.7. The van der Waals surface area contributed by atoms with Gasteiger partial charge < -0.3 is 4.74 Å². The Morgan fingerprint density at radius 1 is 0.967 bits per heavy atom. The van der Waals surface area contributed by atoms with Crippen LogP contribution in [0.3, 0.4) is 0 Å². The molecule has 1 aromatic heterocycles. The molecule has 30 heavy (non-hydrogen) atoms. The maximum Gasteiger partial charge on any atom is 0.269 e. The van der Waals surface area contributed by atoms with E-state index in [-0.39, 0.29) is 24.1 Å². The third-order valence-corrected chi connectivity index (χ3v) is 5.33. The summed E-state index contributed by atoms with van der Waals surface area (Å²) in [6.07, 6.45) is 1.26. The van der Waals surface area contributed by atoms with Crippen molar-refractivity contribution in [2.24, 2.45) is 0 Å². The Balaban J connectivity index is 1.59. The van der Waals surface area contributed by atoms with Gasteiger partial charge in [0.05, 0.1) is 29.0 Å². The summed E-state index contributed by atoms with van der Waals surface area (Å²) in [7, 11) is 0. The Kier molecular flexibility index (Phi) is 4.52. The second-order valence-corrected chi connectivity index (χ2v) is 7.14. The van der Waals surface area contributed by atoms with E-state index in [1.54, 1.807) is 11.0 Å². The minimum atomic E-state index is -0.306. The van der Waals surface area contributed by atoms with Crippen LogP contribution in [0.25, 0.3) is 11.0 Å². The Bertz CT molecular complexity index is 1280. The molecule has 1 atom stereocenters. The summed E-state index contributed by atoms with van der Waals surface area (Å²) in [4.78, 5) is 32.1. The van der Waals surface area contributed by atoms with Gasteiger partial charge in [-0.3, -0.25) is 19.1 Å². The van der Waals surface area contributed by atoms with Crippen molar-refractivity contribution in [3.63, 3.8) is 0 Å². The van der Waals surface area contributed by atoms with Crippen molar-refractivity contribution in [3.05, 3.63) is 101 Å². The lowest BCUT2D eigenvalue weighted by molar-refractivity contribution is -0.120. The average molecular weight is 397 g/mol. The summed E-state index contributed by atoms with van der Waals surface area (Å²) in [5.41, 5.74) is 2.68. The fraction of sp³-hybridized carbons (Fsp3) is 0.125. The average Bonchev–Trinajstić information content (AvgIpc) is 2.80. The van der Waals surface area contributed by atoms with Crippen molar-refractivity contribution in [1.29, 1.82) is 0 Å². The number of hydrogen-bond donors (Lipinski definition) is 0. The number of anilines is 1. The van der Waals surface area contributed by atoms with Gasteiger partial charge in [0.2, 0.25) is 5.91 Å². The second kappa shape index (κ2) is 7.48. The molecule has 0 bridgehead atoms. The molecule has 4 aromatic rings. The van der Waals surface area contributed by atoms with E-state index >= 15 is 0 Å². The van der Waals surface area contributed by atoms with Crippen LogP contribution in [0.2, 0.25) is 0 Å². The van der Waals surface area contributed by atoms with Gasteiger partial charge in [-0.25, -0.2) is 4.98 Å². The van der Waals surface area contributed by atoms with Crippen molar-refractivity contribution in [2.45, 2.75) is 12.6 Å².